The zero-order chi connectivity index (χ0) is 11.1. The van der Waals surface area contributed by atoms with Gasteiger partial charge in [0.1, 0.15) is 0 Å². The van der Waals surface area contributed by atoms with Crippen molar-refractivity contribution in [3.05, 3.63) is 35.9 Å². The van der Waals surface area contributed by atoms with Gasteiger partial charge in [0.15, 0.2) is 0 Å². The Morgan fingerprint density at radius 3 is 2.47 bits per heavy atom. The zero-order valence-corrected chi connectivity index (χ0v) is 9.65. The Bertz CT molecular complexity index is 260. The van der Waals surface area contributed by atoms with Crippen LogP contribution in [0.2, 0.25) is 0 Å². The highest BCUT2D eigenvalue weighted by Gasteiger charge is 2.13. The van der Waals surface area contributed by atoms with E-state index in [1.54, 1.807) is 7.11 Å². The van der Waals surface area contributed by atoms with Crippen LogP contribution in [-0.4, -0.2) is 20.3 Å². The fraction of sp³-hybridized carbons (Fsp3) is 0.538. The van der Waals surface area contributed by atoms with Crippen molar-refractivity contribution in [1.82, 2.24) is 0 Å². The molecule has 84 valence electrons. The molecule has 0 amide bonds. The summed E-state index contributed by atoms with van der Waals surface area (Å²) in [6.45, 7) is 3.72. The number of rotatable bonds is 6. The third kappa shape index (κ3) is 4.02. The Morgan fingerprint density at radius 2 is 1.93 bits per heavy atom. The van der Waals surface area contributed by atoms with E-state index in [0.29, 0.717) is 18.4 Å². The molecule has 0 radical (unpaired) electrons. The number of nitrogens with two attached hydrogens (primary N) is 1. The van der Waals surface area contributed by atoms with E-state index >= 15 is 0 Å². The molecule has 15 heavy (non-hydrogen) atoms. The van der Waals surface area contributed by atoms with Gasteiger partial charge in [-0.25, -0.2) is 0 Å². The molecule has 0 aliphatic carbocycles. The van der Waals surface area contributed by atoms with Gasteiger partial charge in [0.05, 0.1) is 0 Å². The first-order valence-electron chi connectivity index (χ1n) is 5.51. The molecule has 0 aromatic heterocycles. The van der Waals surface area contributed by atoms with Gasteiger partial charge in [-0.05, 0) is 30.4 Å². The molecule has 1 aromatic carbocycles. The maximum absolute atomic E-state index is 5.81. The van der Waals surface area contributed by atoms with E-state index in [2.05, 4.69) is 31.2 Å². The summed E-state index contributed by atoms with van der Waals surface area (Å²) in [4.78, 5) is 0. The van der Waals surface area contributed by atoms with Crippen LogP contribution in [0.25, 0.3) is 0 Å². The van der Waals surface area contributed by atoms with E-state index in [1.165, 1.54) is 5.56 Å². The van der Waals surface area contributed by atoms with Gasteiger partial charge in [-0.2, -0.15) is 0 Å². The fourth-order valence-electron chi connectivity index (χ4n) is 1.93. The third-order valence-electron chi connectivity index (χ3n) is 2.69. The lowest BCUT2D eigenvalue weighted by Crippen LogP contribution is -2.17. The maximum Gasteiger partial charge on any atom is 0.0488 e. The molecule has 0 saturated heterocycles. The van der Waals surface area contributed by atoms with E-state index in [0.717, 1.165) is 13.0 Å². The molecule has 2 nitrogen and oxygen atoms in total. The van der Waals surface area contributed by atoms with Crippen LogP contribution in [0, 0.1) is 5.92 Å². The molecule has 2 atom stereocenters. The Morgan fingerprint density at radius 1 is 1.27 bits per heavy atom. The lowest BCUT2D eigenvalue weighted by Gasteiger charge is -2.19. The summed E-state index contributed by atoms with van der Waals surface area (Å²) < 4.78 is 5.14. The third-order valence-corrected chi connectivity index (χ3v) is 2.69. The summed E-state index contributed by atoms with van der Waals surface area (Å²) in [5.74, 6) is 1.01. The van der Waals surface area contributed by atoms with E-state index in [4.69, 9.17) is 10.5 Å². The van der Waals surface area contributed by atoms with Gasteiger partial charge in [0.25, 0.3) is 0 Å². The van der Waals surface area contributed by atoms with Crippen LogP contribution in [0.3, 0.4) is 0 Å². The van der Waals surface area contributed by atoms with Crippen molar-refractivity contribution in [2.75, 3.05) is 20.3 Å². The lowest BCUT2D eigenvalue weighted by atomic mass is 9.90. The smallest absolute Gasteiger partial charge is 0.0488 e. The average molecular weight is 207 g/mol. The Hall–Kier alpha value is -0.860. The van der Waals surface area contributed by atoms with Gasteiger partial charge in [-0.1, -0.05) is 37.3 Å². The SMILES string of the molecule is COCC(C)CC(CN)c1ccccc1. The van der Waals surface area contributed by atoms with Gasteiger partial charge in [-0.15, -0.1) is 0 Å². The van der Waals surface area contributed by atoms with Gasteiger partial charge >= 0.3 is 0 Å². The number of hydrogen-bond acceptors (Lipinski definition) is 2. The largest absolute Gasteiger partial charge is 0.384 e. The minimum absolute atomic E-state index is 0.455. The number of benzene rings is 1. The molecule has 0 aliphatic heterocycles. The van der Waals surface area contributed by atoms with Crippen LogP contribution >= 0.6 is 0 Å². The van der Waals surface area contributed by atoms with Crippen molar-refractivity contribution in [1.29, 1.82) is 0 Å². The standard InChI is InChI=1S/C13H21NO/c1-11(10-15-2)8-13(9-14)12-6-4-3-5-7-12/h3-7,11,13H,8-10,14H2,1-2H3. The van der Waals surface area contributed by atoms with Crippen molar-refractivity contribution in [2.45, 2.75) is 19.3 Å². The van der Waals surface area contributed by atoms with Crippen LogP contribution in [0.1, 0.15) is 24.8 Å². The van der Waals surface area contributed by atoms with E-state index < -0.39 is 0 Å². The molecule has 0 saturated carbocycles. The monoisotopic (exact) mass is 207 g/mol. The highest BCUT2D eigenvalue weighted by molar-refractivity contribution is 5.19. The van der Waals surface area contributed by atoms with E-state index in [9.17, 15) is 0 Å². The fourth-order valence-corrected chi connectivity index (χ4v) is 1.93. The van der Waals surface area contributed by atoms with Gasteiger partial charge in [0.2, 0.25) is 0 Å². The molecule has 0 aliphatic rings. The maximum atomic E-state index is 5.81. The molecule has 0 heterocycles. The number of ether oxygens (including phenoxy) is 1. The van der Waals surface area contributed by atoms with Gasteiger partial charge in [-0.3, -0.25) is 0 Å². The number of methoxy groups -OCH3 is 1. The summed E-state index contributed by atoms with van der Waals surface area (Å²) in [6.07, 6.45) is 1.09. The Labute approximate surface area is 92.4 Å². The molecule has 0 spiro atoms. The lowest BCUT2D eigenvalue weighted by molar-refractivity contribution is 0.152. The quantitative estimate of drug-likeness (QED) is 0.777. The predicted octanol–water partition coefficient (Wildman–Crippen LogP) is 2.40. The van der Waals surface area contributed by atoms with Crippen LogP contribution < -0.4 is 5.73 Å². The van der Waals surface area contributed by atoms with Crippen LogP contribution in [0.15, 0.2) is 30.3 Å². The molecular formula is C13H21NO. The summed E-state index contributed by atoms with van der Waals surface area (Å²) in [5.41, 5.74) is 7.14. The molecule has 0 fully saturated rings. The predicted molar refractivity (Wildman–Crippen MR) is 63.9 cm³/mol. The van der Waals surface area contributed by atoms with E-state index in [1.807, 2.05) is 6.07 Å². The Kier molecular flexibility index (Phi) is 5.37. The van der Waals surface area contributed by atoms with Crippen molar-refractivity contribution >= 4 is 0 Å². The number of hydrogen-bond donors (Lipinski definition) is 1. The normalized spacial score (nSPS) is 14.9. The van der Waals surface area contributed by atoms with E-state index in [-0.39, 0.29) is 0 Å². The molecule has 1 rings (SSSR count). The molecule has 1 aromatic rings. The van der Waals surface area contributed by atoms with Crippen molar-refractivity contribution < 1.29 is 4.74 Å². The molecule has 2 N–H and O–H groups in total. The van der Waals surface area contributed by atoms with Crippen LogP contribution in [-0.2, 0) is 4.74 Å². The first-order chi connectivity index (χ1) is 7.27. The summed E-state index contributed by atoms with van der Waals surface area (Å²) >= 11 is 0. The molecule has 2 unspecified atom stereocenters. The highest BCUT2D eigenvalue weighted by Crippen LogP contribution is 2.22. The minimum Gasteiger partial charge on any atom is -0.384 e. The molecular weight excluding hydrogens is 186 g/mol. The van der Waals surface area contributed by atoms with Crippen molar-refractivity contribution in [3.8, 4) is 0 Å². The van der Waals surface area contributed by atoms with Gasteiger partial charge < -0.3 is 10.5 Å². The van der Waals surface area contributed by atoms with Crippen LogP contribution in [0.5, 0.6) is 0 Å². The second-order valence-corrected chi connectivity index (χ2v) is 4.14. The molecule has 0 bridgehead atoms. The molecule has 2 heteroatoms. The zero-order valence-electron chi connectivity index (χ0n) is 9.65. The highest BCUT2D eigenvalue weighted by atomic mass is 16.5. The minimum atomic E-state index is 0.455. The van der Waals surface area contributed by atoms with Crippen molar-refractivity contribution in [2.24, 2.45) is 11.7 Å². The second kappa shape index (κ2) is 6.59. The van der Waals surface area contributed by atoms with Gasteiger partial charge in [0, 0.05) is 13.7 Å². The van der Waals surface area contributed by atoms with Crippen molar-refractivity contribution in [3.63, 3.8) is 0 Å². The second-order valence-electron chi connectivity index (χ2n) is 4.14. The summed E-state index contributed by atoms with van der Waals surface area (Å²) in [5, 5.41) is 0. The summed E-state index contributed by atoms with van der Waals surface area (Å²) in [7, 11) is 1.75. The summed E-state index contributed by atoms with van der Waals surface area (Å²) in [6, 6.07) is 10.5. The first kappa shape index (κ1) is 12.2. The topological polar surface area (TPSA) is 35.2 Å². The van der Waals surface area contributed by atoms with Crippen LogP contribution in [0.4, 0.5) is 0 Å². The first-order valence-corrected chi connectivity index (χ1v) is 5.51. The Balaban J connectivity index is 2.56. The average Bonchev–Trinajstić information content (AvgIpc) is 2.27.